The lowest BCUT2D eigenvalue weighted by atomic mass is 9.97. The second-order valence-corrected chi connectivity index (χ2v) is 8.84. The summed E-state index contributed by atoms with van der Waals surface area (Å²) in [7, 11) is 1.64. The third-order valence-corrected chi connectivity index (χ3v) is 6.59. The first-order valence-corrected chi connectivity index (χ1v) is 10.5. The monoisotopic (exact) mass is 403 g/mol. The summed E-state index contributed by atoms with van der Waals surface area (Å²) in [6.07, 6.45) is 2.12. The van der Waals surface area contributed by atoms with E-state index in [4.69, 9.17) is 0 Å². The van der Waals surface area contributed by atoms with Crippen LogP contribution in [0.3, 0.4) is 0 Å². The van der Waals surface area contributed by atoms with Crippen molar-refractivity contribution in [3.63, 3.8) is 0 Å². The molecule has 1 fully saturated rings. The van der Waals surface area contributed by atoms with Crippen LogP contribution in [0.4, 0.5) is 0 Å². The third kappa shape index (κ3) is 3.50. The fourth-order valence-corrected chi connectivity index (χ4v) is 4.88. The minimum absolute atomic E-state index is 0.0524. The largest absolute Gasteiger partial charge is 0.345 e. The number of rotatable bonds is 2. The van der Waals surface area contributed by atoms with Gasteiger partial charge in [0.1, 0.15) is 5.82 Å². The maximum atomic E-state index is 13.1. The van der Waals surface area contributed by atoms with Gasteiger partial charge in [0, 0.05) is 51.1 Å². The van der Waals surface area contributed by atoms with Crippen molar-refractivity contribution >= 4 is 23.2 Å². The van der Waals surface area contributed by atoms with E-state index in [9.17, 15) is 14.4 Å². The Kier molecular flexibility index (Phi) is 5.09. The zero-order chi connectivity index (χ0) is 19.8. The van der Waals surface area contributed by atoms with E-state index in [2.05, 4.69) is 5.10 Å². The average molecular weight is 404 g/mol. The first kappa shape index (κ1) is 18.9. The van der Waals surface area contributed by atoms with Gasteiger partial charge < -0.3 is 9.80 Å². The number of aryl methyl sites for hydroxylation is 3. The Labute approximate surface area is 167 Å². The average Bonchev–Trinajstić information content (AvgIpc) is 3.13. The van der Waals surface area contributed by atoms with Crippen molar-refractivity contribution in [3.05, 3.63) is 38.2 Å². The van der Waals surface area contributed by atoms with Crippen molar-refractivity contribution in [1.82, 2.24) is 24.1 Å². The van der Waals surface area contributed by atoms with Crippen LogP contribution in [0, 0.1) is 12.8 Å². The molecule has 8 nitrogen and oxygen atoms in total. The Morgan fingerprint density at radius 2 is 1.89 bits per heavy atom. The number of thiophene rings is 1. The van der Waals surface area contributed by atoms with Crippen LogP contribution in [-0.2, 0) is 24.8 Å². The van der Waals surface area contributed by atoms with Crippen molar-refractivity contribution in [3.8, 4) is 0 Å². The molecule has 4 heterocycles. The molecule has 0 N–H and O–H groups in total. The van der Waals surface area contributed by atoms with Crippen molar-refractivity contribution in [2.24, 2.45) is 13.0 Å². The van der Waals surface area contributed by atoms with Crippen molar-refractivity contribution in [2.45, 2.75) is 32.7 Å². The van der Waals surface area contributed by atoms with Crippen LogP contribution >= 0.6 is 11.3 Å². The summed E-state index contributed by atoms with van der Waals surface area (Å²) in [5.74, 6) is 0.700. The molecular formula is C19H25N5O3S. The Morgan fingerprint density at radius 1 is 1.14 bits per heavy atom. The second kappa shape index (κ2) is 7.54. The number of carbonyl (C=O) groups is 2. The standard InChI is InChI=1S/C19H25N5O3S/c1-13-4-6-15(28-13)18(26)23-9-3-8-22(10-11-23)17(25)14-5-7-16-20-21(2)19(27)24(16)12-14/h4,6,14H,3,5,7-12H2,1-2H3. The van der Waals surface area contributed by atoms with Crippen molar-refractivity contribution in [1.29, 1.82) is 0 Å². The lowest BCUT2D eigenvalue weighted by molar-refractivity contribution is -0.136. The normalized spacial score (nSPS) is 20.0. The fraction of sp³-hybridized carbons (Fsp3) is 0.579. The summed E-state index contributed by atoms with van der Waals surface area (Å²) in [6.45, 7) is 4.79. The van der Waals surface area contributed by atoms with Gasteiger partial charge in [-0.25, -0.2) is 9.48 Å². The molecule has 1 atom stereocenters. The molecule has 4 rings (SSSR count). The maximum absolute atomic E-state index is 13.1. The molecule has 1 saturated heterocycles. The highest BCUT2D eigenvalue weighted by Gasteiger charge is 2.32. The Hall–Kier alpha value is -2.42. The topological polar surface area (TPSA) is 80.4 Å². The highest BCUT2D eigenvalue weighted by molar-refractivity contribution is 7.13. The summed E-state index contributed by atoms with van der Waals surface area (Å²) < 4.78 is 2.96. The minimum atomic E-state index is -0.198. The smallest absolute Gasteiger partial charge is 0.341 e. The number of amides is 2. The van der Waals surface area contributed by atoms with E-state index < -0.39 is 0 Å². The first-order chi connectivity index (χ1) is 13.4. The predicted octanol–water partition coefficient (Wildman–Crippen LogP) is 0.889. The Balaban J connectivity index is 1.40. The van der Waals surface area contributed by atoms with Crippen molar-refractivity contribution < 1.29 is 9.59 Å². The molecule has 9 heteroatoms. The molecule has 0 aromatic carbocycles. The Bertz CT molecular complexity index is 959. The van der Waals surface area contributed by atoms with Gasteiger partial charge in [0.2, 0.25) is 5.91 Å². The fourth-order valence-electron chi connectivity index (χ4n) is 4.04. The van der Waals surface area contributed by atoms with Crippen LogP contribution < -0.4 is 5.69 Å². The quantitative estimate of drug-likeness (QED) is 0.746. The molecule has 28 heavy (non-hydrogen) atoms. The van der Waals surface area contributed by atoms with Gasteiger partial charge in [-0.2, -0.15) is 5.10 Å². The first-order valence-electron chi connectivity index (χ1n) is 9.71. The van der Waals surface area contributed by atoms with Gasteiger partial charge in [0.15, 0.2) is 0 Å². The van der Waals surface area contributed by atoms with Crippen molar-refractivity contribution in [2.75, 3.05) is 26.2 Å². The molecule has 0 spiro atoms. The van der Waals surface area contributed by atoms with E-state index in [-0.39, 0.29) is 23.4 Å². The molecule has 2 aromatic heterocycles. The summed E-state index contributed by atoms with van der Waals surface area (Å²) in [5, 5.41) is 4.23. The van der Waals surface area contributed by atoms with Crippen LogP contribution in [0.1, 0.15) is 33.2 Å². The zero-order valence-corrected chi connectivity index (χ0v) is 17.1. The molecule has 0 saturated carbocycles. The third-order valence-electron chi connectivity index (χ3n) is 5.60. The number of nitrogens with zero attached hydrogens (tertiary/aromatic N) is 5. The van der Waals surface area contributed by atoms with Crippen LogP contribution in [0.25, 0.3) is 0 Å². The molecule has 2 aliphatic heterocycles. The van der Waals surface area contributed by atoms with Gasteiger partial charge in [-0.05, 0) is 31.9 Å². The number of carbonyl (C=O) groups excluding carboxylic acids is 2. The number of aromatic nitrogens is 3. The Morgan fingerprint density at radius 3 is 2.64 bits per heavy atom. The molecule has 0 aliphatic carbocycles. The van der Waals surface area contributed by atoms with E-state index >= 15 is 0 Å². The van der Waals surface area contributed by atoms with Gasteiger partial charge >= 0.3 is 5.69 Å². The van der Waals surface area contributed by atoms with E-state index in [0.29, 0.717) is 45.6 Å². The summed E-state index contributed by atoms with van der Waals surface area (Å²) in [5.41, 5.74) is -0.161. The van der Waals surface area contributed by atoms with Crippen LogP contribution in [0.5, 0.6) is 0 Å². The minimum Gasteiger partial charge on any atom is -0.341 e. The summed E-state index contributed by atoms with van der Waals surface area (Å²) in [4.78, 5) is 43.5. The van der Waals surface area contributed by atoms with E-state index in [1.807, 2.05) is 28.9 Å². The van der Waals surface area contributed by atoms with Gasteiger partial charge in [-0.1, -0.05) is 0 Å². The van der Waals surface area contributed by atoms with Crippen LogP contribution in [0.15, 0.2) is 16.9 Å². The highest BCUT2D eigenvalue weighted by Crippen LogP contribution is 2.22. The number of hydrogen-bond donors (Lipinski definition) is 0. The SMILES string of the molecule is Cc1ccc(C(=O)N2CCCN(C(=O)C3CCc4nn(C)c(=O)n4C3)CC2)s1. The predicted molar refractivity (Wildman–Crippen MR) is 105 cm³/mol. The van der Waals surface area contributed by atoms with Crippen LogP contribution in [-0.4, -0.2) is 62.1 Å². The lowest BCUT2D eigenvalue weighted by Gasteiger charge is -2.28. The zero-order valence-electron chi connectivity index (χ0n) is 16.3. The molecule has 1 unspecified atom stereocenters. The van der Waals surface area contributed by atoms with Gasteiger partial charge in [-0.3, -0.25) is 14.2 Å². The molecule has 0 radical (unpaired) electrons. The molecule has 2 aromatic rings. The lowest BCUT2D eigenvalue weighted by Crippen LogP contribution is -2.43. The molecule has 150 valence electrons. The maximum Gasteiger partial charge on any atom is 0.345 e. The second-order valence-electron chi connectivity index (χ2n) is 7.55. The van der Waals surface area contributed by atoms with Gasteiger partial charge in [0.05, 0.1) is 10.8 Å². The summed E-state index contributed by atoms with van der Waals surface area (Å²) in [6, 6.07) is 3.84. The molecule has 2 aliphatic rings. The number of fused-ring (bicyclic) bond motifs is 1. The molecule has 2 amide bonds. The molecule has 0 bridgehead atoms. The van der Waals surface area contributed by atoms with E-state index in [0.717, 1.165) is 22.0 Å². The number of hydrogen-bond acceptors (Lipinski definition) is 5. The van der Waals surface area contributed by atoms with Gasteiger partial charge in [-0.15, -0.1) is 11.3 Å². The van der Waals surface area contributed by atoms with E-state index in [1.54, 1.807) is 11.6 Å². The summed E-state index contributed by atoms with van der Waals surface area (Å²) >= 11 is 1.51. The molecular weight excluding hydrogens is 378 g/mol. The van der Waals surface area contributed by atoms with Crippen LogP contribution in [0.2, 0.25) is 0 Å². The van der Waals surface area contributed by atoms with E-state index in [1.165, 1.54) is 16.0 Å². The highest BCUT2D eigenvalue weighted by atomic mass is 32.1. The van der Waals surface area contributed by atoms with Gasteiger partial charge in [0.25, 0.3) is 5.91 Å².